The smallest absolute Gasteiger partial charge is 0.0663 e. The Balaban J connectivity index is 3.17. The van der Waals surface area contributed by atoms with Crippen LogP contribution in [-0.4, -0.2) is 0 Å². The van der Waals surface area contributed by atoms with E-state index in [9.17, 15) is 0 Å². The molecule has 1 nitrogen and oxygen atoms in total. The van der Waals surface area contributed by atoms with Gasteiger partial charge in [0.2, 0.25) is 0 Å². The minimum Gasteiger partial charge on any atom is -0.198 e. The van der Waals surface area contributed by atoms with Gasteiger partial charge in [0.05, 0.1) is 12.5 Å². The molecule has 0 aliphatic heterocycles. The van der Waals surface area contributed by atoms with Crippen LogP contribution in [0, 0.1) is 18.3 Å². The van der Waals surface area contributed by atoms with Crippen molar-refractivity contribution in [1.82, 2.24) is 0 Å². The van der Waals surface area contributed by atoms with Gasteiger partial charge in [0.15, 0.2) is 0 Å². The van der Waals surface area contributed by atoms with Gasteiger partial charge in [-0.25, -0.2) is 0 Å². The molecule has 16 heavy (non-hydrogen) atoms. The van der Waals surface area contributed by atoms with Gasteiger partial charge in [-0.1, -0.05) is 43.7 Å². The van der Waals surface area contributed by atoms with Gasteiger partial charge in [-0.15, -0.1) is 0 Å². The van der Waals surface area contributed by atoms with Crippen LogP contribution in [0.1, 0.15) is 42.5 Å². The minimum atomic E-state index is 0.486. The molecule has 0 radical (unpaired) electrons. The predicted molar refractivity (Wildman–Crippen MR) is 69.2 cm³/mol. The van der Waals surface area contributed by atoms with Crippen molar-refractivity contribution in [2.24, 2.45) is 0 Å². The molecule has 0 fully saturated rings. The number of aryl methyl sites for hydroxylation is 3. The Kier molecular flexibility index (Phi) is 4.79. The Morgan fingerprint density at radius 1 is 1.19 bits per heavy atom. The van der Waals surface area contributed by atoms with Crippen LogP contribution in [0.3, 0.4) is 0 Å². The molecule has 0 unspecified atom stereocenters. The summed E-state index contributed by atoms with van der Waals surface area (Å²) in [6.45, 7) is 6.49. The lowest BCUT2D eigenvalue weighted by atomic mass is 9.94. The predicted octanol–water partition coefficient (Wildman–Crippen LogP) is 4.05. The lowest BCUT2D eigenvalue weighted by Crippen LogP contribution is -1.95. The number of hydrogen-bond acceptors (Lipinski definition) is 1. The maximum absolute atomic E-state index is 8.54. The first-order valence-corrected chi connectivity index (χ1v) is 5.88. The van der Waals surface area contributed by atoms with Crippen molar-refractivity contribution in [3.63, 3.8) is 0 Å². The molecule has 84 valence electrons. The maximum atomic E-state index is 8.54. The average molecular weight is 213 g/mol. The third-order valence-electron chi connectivity index (χ3n) is 2.75. The third-order valence-corrected chi connectivity index (χ3v) is 2.75. The highest BCUT2D eigenvalue weighted by atomic mass is 14.2. The molecule has 0 aliphatic rings. The standard InChI is InChI=1S/C15H19N/c1-4-13-10-12(3)11-14(5-2)15(13)8-6-7-9-16/h6,8,10-11H,4-5,7H2,1-3H3. The van der Waals surface area contributed by atoms with Crippen molar-refractivity contribution in [3.05, 3.63) is 40.5 Å². The fourth-order valence-electron chi connectivity index (χ4n) is 1.98. The molecule has 0 saturated carbocycles. The summed E-state index contributed by atoms with van der Waals surface area (Å²) >= 11 is 0. The summed E-state index contributed by atoms with van der Waals surface area (Å²) in [6, 6.07) is 6.62. The van der Waals surface area contributed by atoms with Crippen LogP contribution >= 0.6 is 0 Å². The first-order chi connectivity index (χ1) is 7.72. The van der Waals surface area contributed by atoms with Crippen LogP contribution in [0.15, 0.2) is 18.2 Å². The lowest BCUT2D eigenvalue weighted by Gasteiger charge is -2.11. The summed E-state index contributed by atoms with van der Waals surface area (Å²) in [7, 11) is 0. The van der Waals surface area contributed by atoms with Crippen LogP contribution in [0.25, 0.3) is 6.08 Å². The number of nitriles is 1. The molecule has 0 aromatic heterocycles. The van der Waals surface area contributed by atoms with E-state index in [1.54, 1.807) is 0 Å². The lowest BCUT2D eigenvalue weighted by molar-refractivity contribution is 1.06. The van der Waals surface area contributed by atoms with Crippen LogP contribution in [-0.2, 0) is 12.8 Å². The van der Waals surface area contributed by atoms with Crippen molar-refractivity contribution in [1.29, 1.82) is 5.26 Å². The first-order valence-electron chi connectivity index (χ1n) is 5.88. The first kappa shape index (κ1) is 12.5. The Bertz CT molecular complexity index is 397. The van der Waals surface area contributed by atoms with E-state index in [-0.39, 0.29) is 0 Å². The zero-order valence-corrected chi connectivity index (χ0v) is 10.4. The van der Waals surface area contributed by atoms with Crippen molar-refractivity contribution in [3.8, 4) is 6.07 Å². The second-order valence-corrected chi connectivity index (χ2v) is 3.97. The van der Waals surface area contributed by atoms with Crippen LogP contribution in [0.4, 0.5) is 0 Å². The third kappa shape index (κ3) is 2.97. The van der Waals surface area contributed by atoms with E-state index in [0.29, 0.717) is 6.42 Å². The summed E-state index contributed by atoms with van der Waals surface area (Å²) in [5.41, 5.74) is 5.40. The number of allylic oxidation sites excluding steroid dienone is 1. The largest absolute Gasteiger partial charge is 0.198 e. The molecule has 0 heterocycles. The SMILES string of the molecule is CCc1cc(C)cc(CC)c1C=CCC#N. The highest BCUT2D eigenvalue weighted by Gasteiger charge is 2.04. The molecule has 0 N–H and O–H groups in total. The van der Waals surface area contributed by atoms with E-state index >= 15 is 0 Å². The number of benzene rings is 1. The Hall–Kier alpha value is -1.55. The molecule has 0 atom stereocenters. The molecule has 0 amide bonds. The van der Waals surface area contributed by atoms with Crippen molar-refractivity contribution < 1.29 is 0 Å². The second-order valence-electron chi connectivity index (χ2n) is 3.97. The fraction of sp³-hybridized carbons (Fsp3) is 0.400. The van der Waals surface area contributed by atoms with E-state index in [2.05, 4.69) is 45.0 Å². The second kappa shape index (κ2) is 6.12. The molecule has 1 aromatic rings. The van der Waals surface area contributed by atoms with Crippen molar-refractivity contribution in [2.75, 3.05) is 0 Å². The number of hydrogen-bond donors (Lipinski definition) is 0. The van der Waals surface area contributed by atoms with Gasteiger partial charge in [-0.2, -0.15) is 5.26 Å². The molecule has 0 bridgehead atoms. The summed E-state index contributed by atoms with van der Waals surface area (Å²) in [5.74, 6) is 0. The van der Waals surface area contributed by atoms with Crippen molar-refractivity contribution >= 4 is 6.08 Å². The summed E-state index contributed by atoms with van der Waals surface area (Å²) in [4.78, 5) is 0. The normalized spacial score (nSPS) is 10.6. The van der Waals surface area contributed by atoms with Gasteiger partial charge in [0, 0.05) is 0 Å². The van der Waals surface area contributed by atoms with Gasteiger partial charge in [0.1, 0.15) is 0 Å². The van der Waals surface area contributed by atoms with E-state index in [1.165, 1.54) is 22.3 Å². The number of rotatable bonds is 4. The zero-order chi connectivity index (χ0) is 12.0. The van der Waals surface area contributed by atoms with Gasteiger partial charge >= 0.3 is 0 Å². The van der Waals surface area contributed by atoms with Crippen molar-refractivity contribution in [2.45, 2.75) is 40.0 Å². The van der Waals surface area contributed by atoms with Crippen LogP contribution in [0.5, 0.6) is 0 Å². The van der Waals surface area contributed by atoms with E-state index in [0.717, 1.165) is 12.8 Å². The van der Waals surface area contributed by atoms with Gasteiger partial charge in [-0.05, 0) is 36.5 Å². The molecule has 0 aliphatic carbocycles. The molecule has 1 rings (SSSR count). The van der Waals surface area contributed by atoms with Crippen LogP contribution < -0.4 is 0 Å². The van der Waals surface area contributed by atoms with E-state index in [4.69, 9.17) is 5.26 Å². The monoisotopic (exact) mass is 213 g/mol. The average Bonchev–Trinajstić information content (AvgIpc) is 2.30. The Morgan fingerprint density at radius 3 is 2.19 bits per heavy atom. The zero-order valence-electron chi connectivity index (χ0n) is 10.4. The molecule has 0 saturated heterocycles. The number of nitrogens with zero attached hydrogens (tertiary/aromatic N) is 1. The van der Waals surface area contributed by atoms with E-state index in [1.807, 2.05) is 6.08 Å². The molecular formula is C15H19N. The quantitative estimate of drug-likeness (QED) is 0.740. The minimum absolute atomic E-state index is 0.486. The van der Waals surface area contributed by atoms with Crippen LogP contribution in [0.2, 0.25) is 0 Å². The summed E-state index contributed by atoms with van der Waals surface area (Å²) < 4.78 is 0. The summed E-state index contributed by atoms with van der Waals surface area (Å²) in [5, 5.41) is 8.54. The highest BCUT2D eigenvalue weighted by molar-refractivity contribution is 5.59. The highest BCUT2D eigenvalue weighted by Crippen LogP contribution is 2.20. The van der Waals surface area contributed by atoms with Gasteiger partial charge < -0.3 is 0 Å². The molecule has 1 heteroatoms. The molecular weight excluding hydrogens is 194 g/mol. The van der Waals surface area contributed by atoms with Gasteiger partial charge in [-0.3, -0.25) is 0 Å². The van der Waals surface area contributed by atoms with Gasteiger partial charge in [0.25, 0.3) is 0 Å². The van der Waals surface area contributed by atoms with E-state index < -0.39 is 0 Å². The summed E-state index contributed by atoms with van der Waals surface area (Å²) in [6.07, 6.45) is 6.62. The Morgan fingerprint density at radius 2 is 1.75 bits per heavy atom. The Labute approximate surface area is 98.4 Å². The topological polar surface area (TPSA) is 23.8 Å². The molecule has 1 aromatic carbocycles. The fourth-order valence-corrected chi connectivity index (χ4v) is 1.98. The maximum Gasteiger partial charge on any atom is 0.0663 e. The molecule has 0 spiro atoms.